The van der Waals surface area contributed by atoms with Crippen LogP contribution in [0.15, 0.2) is 55.6 Å². The van der Waals surface area contributed by atoms with Crippen LogP contribution < -0.4 is 0 Å². The number of likely N-dealkylation sites (tertiary alicyclic amines) is 1. The summed E-state index contributed by atoms with van der Waals surface area (Å²) in [5.74, 6) is -0.835. The van der Waals surface area contributed by atoms with Crippen molar-refractivity contribution < 1.29 is 23.8 Å². The van der Waals surface area contributed by atoms with Gasteiger partial charge in [-0.1, -0.05) is 43.0 Å². The van der Waals surface area contributed by atoms with Gasteiger partial charge in [-0.2, -0.15) is 0 Å². The largest absolute Gasteiger partial charge is 0.458 e. The summed E-state index contributed by atoms with van der Waals surface area (Å²) < 4.78 is 17.1. The fourth-order valence-electron chi connectivity index (χ4n) is 3.35. The molecular weight excluding hydrogens is 346 g/mol. The van der Waals surface area contributed by atoms with E-state index in [0.29, 0.717) is 19.7 Å². The Morgan fingerprint density at radius 3 is 2.48 bits per heavy atom. The van der Waals surface area contributed by atoms with Gasteiger partial charge < -0.3 is 14.2 Å². The lowest BCUT2D eigenvalue weighted by molar-refractivity contribution is -0.159. The molecule has 1 aliphatic heterocycles. The van der Waals surface area contributed by atoms with Crippen LogP contribution in [0.25, 0.3) is 0 Å². The van der Waals surface area contributed by atoms with Crippen LogP contribution in [0.1, 0.15) is 19.4 Å². The Morgan fingerprint density at radius 1 is 1.22 bits per heavy atom. The van der Waals surface area contributed by atoms with Crippen molar-refractivity contribution in [3.05, 3.63) is 61.2 Å². The fraction of sp³-hybridized carbons (Fsp3) is 0.429. The molecule has 1 saturated heterocycles. The van der Waals surface area contributed by atoms with Crippen molar-refractivity contribution in [2.45, 2.75) is 44.8 Å². The number of hydrogen-bond acceptors (Lipinski definition) is 6. The third-order valence-electron chi connectivity index (χ3n) is 4.38. The molecule has 0 bridgehead atoms. The van der Waals surface area contributed by atoms with E-state index in [1.807, 2.05) is 35.2 Å². The van der Waals surface area contributed by atoms with Gasteiger partial charge in [-0.05, 0) is 11.6 Å². The maximum Gasteiger partial charge on any atom is 0.303 e. The van der Waals surface area contributed by atoms with Crippen molar-refractivity contribution in [3.63, 3.8) is 0 Å². The quantitative estimate of drug-likeness (QED) is 0.489. The molecule has 1 aromatic rings. The molecule has 6 nitrogen and oxygen atoms in total. The predicted octanol–water partition coefficient (Wildman–Crippen LogP) is 2.49. The van der Waals surface area contributed by atoms with Crippen molar-refractivity contribution in [1.29, 1.82) is 0 Å². The van der Waals surface area contributed by atoms with Gasteiger partial charge >= 0.3 is 11.9 Å². The van der Waals surface area contributed by atoms with Crippen LogP contribution in [-0.2, 0) is 30.4 Å². The smallest absolute Gasteiger partial charge is 0.303 e. The second kappa shape index (κ2) is 10.0. The minimum absolute atomic E-state index is 0.364. The zero-order chi connectivity index (χ0) is 19.8. The molecular formula is C21H27NO5. The Kier molecular flexibility index (Phi) is 7.76. The van der Waals surface area contributed by atoms with Gasteiger partial charge in [-0.15, -0.1) is 6.58 Å². The van der Waals surface area contributed by atoms with Crippen molar-refractivity contribution in [2.24, 2.45) is 0 Å². The van der Waals surface area contributed by atoms with E-state index < -0.39 is 30.2 Å². The number of esters is 2. The van der Waals surface area contributed by atoms with Crippen molar-refractivity contribution in [3.8, 4) is 0 Å². The van der Waals surface area contributed by atoms with Crippen LogP contribution in [-0.4, -0.2) is 54.3 Å². The summed E-state index contributed by atoms with van der Waals surface area (Å²) in [5.41, 5.74) is 1.03. The number of hydrogen-bond donors (Lipinski definition) is 0. The Balaban J connectivity index is 2.23. The van der Waals surface area contributed by atoms with Crippen molar-refractivity contribution >= 4 is 11.9 Å². The molecule has 0 spiro atoms. The molecule has 1 heterocycles. The van der Waals surface area contributed by atoms with Gasteiger partial charge in [0.2, 0.25) is 0 Å². The van der Waals surface area contributed by atoms with Gasteiger partial charge in [0.25, 0.3) is 0 Å². The van der Waals surface area contributed by atoms with E-state index in [0.717, 1.165) is 5.56 Å². The monoisotopic (exact) mass is 373 g/mol. The van der Waals surface area contributed by atoms with Crippen LogP contribution >= 0.6 is 0 Å². The zero-order valence-corrected chi connectivity index (χ0v) is 15.9. The number of ether oxygens (including phenoxy) is 3. The first kappa shape index (κ1) is 20.9. The molecule has 1 fully saturated rings. The highest BCUT2D eigenvalue weighted by Crippen LogP contribution is 2.29. The van der Waals surface area contributed by atoms with Gasteiger partial charge in [0.15, 0.2) is 0 Å². The van der Waals surface area contributed by atoms with Crippen molar-refractivity contribution in [2.75, 3.05) is 13.1 Å². The van der Waals surface area contributed by atoms with E-state index in [-0.39, 0.29) is 6.10 Å². The first-order chi connectivity index (χ1) is 13.0. The van der Waals surface area contributed by atoms with Gasteiger partial charge in [-0.3, -0.25) is 14.5 Å². The molecule has 146 valence electrons. The highest BCUT2D eigenvalue weighted by Gasteiger charge is 2.48. The minimum atomic E-state index is -0.628. The van der Waals surface area contributed by atoms with Crippen LogP contribution in [0.5, 0.6) is 0 Å². The zero-order valence-electron chi connectivity index (χ0n) is 15.9. The van der Waals surface area contributed by atoms with Crippen LogP contribution in [0, 0.1) is 0 Å². The average molecular weight is 373 g/mol. The van der Waals surface area contributed by atoms with E-state index in [2.05, 4.69) is 13.2 Å². The normalized spacial score (nSPS) is 23.4. The van der Waals surface area contributed by atoms with Crippen LogP contribution in [0.3, 0.4) is 0 Å². The molecule has 6 heteroatoms. The highest BCUT2D eigenvalue weighted by molar-refractivity contribution is 5.67. The number of carbonyl (C=O) groups excluding carboxylic acids is 2. The third-order valence-corrected chi connectivity index (χ3v) is 4.38. The summed E-state index contributed by atoms with van der Waals surface area (Å²) in [6, 6.07) is 9.38. The fourth-order valence-corrected chi connectivity index (χ4v) is 3.35. The standard InChI is InChI=1S/C21H27NO5/c1-5-12-22-13-19(25-14-17-10-8-7-9-11-17)21(27-16(4)24)20(22)18(6-2)26-15(3)23/h5-11,18-21H,1-2,12-14H2,3-4H3/t18-,19+,20+,21+/m0/s1. The molecule has 0 amide bonds. The second-order valence-corrected chi connectivity index (χ2v) is 6.45. The molecule has 27 heavy (non-hydrogen) atoms. The Morgan fingerprint density at radius 2 is 1.93 bits per heavy atom. The van der Waals surface area contributed by atoms with Gasteiger partial charge in [0.05, 0.1) is 12.6 Å². The summed E-state index contributed by atoms with van der Waals surface area (Å²) in [4.78, 5) is 25.3. The number of benzene rings is 1. The summed E-state index contributed by atoms with van der Waals surface area (Å²) in [7, 11) is 0. The van der Waals surface area contributed by atoms with Crippen LogP contribution in [0.2, 0.25) is 0 Å². The first-order valence-electron chi connectivity index (χ1n) is 8.93. The first-order valence-corrected chi connectivity index (χ1v) is 8.93. The summed E-state index contributed by atoms with van der Waals surface area (Å²) in [6.07, 6.45) is 1.73. The molecule has 0 aliphatic carbocycles. The number of carbonyl (C=O) groups is 2. The number of rotatable bonds is 9. The maximum atomic E-state index is 11.7. The topological polar surface area (TPSA) is 65.1 Å². The maximum absolute atomic E-state index is 11.7. The molecule has 0 N–H and O–H groups in total. The predicted molar refractivity (Wildman–Crippen MR) is 102 cm³/mol. The Labute approximate surface area is 160 Å². The number of nitrogens with zero attached hydrogens (tertiary/aromatic N) is 1. The molecule has 0 unspecified atom stereocenters. The average Bonchev–Trinajstić information content (AvgIpc) is 2.95. The SMILES string of the molecule is C=CCN1C[C@@H](OCc2ccccc2)[C@@H](OC(C)=O)[C@H]1[C@H](C=C)OC(C)=O. The van der Waals surface area contributed by atoms with E-state index in [1.165, 1.54) is 13.8 Å². The minimum Gasteiger partial charge on any atom is -0.458 e. The Bertz CT molecular complexity index is 660. The van der Waals surface area contributed by atoms with Gasteiger partial charge in [0, 0.05) is 26.9 Å². The lowest BCUT2D eigenvalue weighted by atomic mass is 10.0. The molecule has 1 aromatic carbocycles. The molecule has 0 radical (unpaired) electrons. The molecule has 0 saturated carbocycles. The van der Waals surface area contributed by atoms with Crippen LogP contribution in [0.4, 0.5) is 0 Å². The van der Waals surface area contributed by atoms with E-state index >= 15 is 0 Å². The molecule has 1 aliphatic rings. The third kappa shape index (κ3) is 5.77. The lowest BCUT2D eigenvalue weighted by Crippen LogP contribution is -2.48. The van der Waals surface area contributed by atoms with E-state index in [1.54, 1.807) is 12.2 Å². The second-order valence-electron chi connectivity index (χ2n) is 6.45. The Hall–Kier alpha value is -2.44. The summed E-state index contributed by atoms with van der Waals surface area (Å²) in [6.45, 7) is 11.7. The van der Waals surface area contributed by atoms with Gasteiger partial charge in [-0.25, -0.2) is 0 Å². The molecule has 2 rings (SSSR count). The molecule has 4 atom stereocenters. The summed E-state index contributed by atoms with van der Waals surface area (Å²) >= 11 is 0. The molecule has 0 aromatic heterocycles. The van der Waals surface area contributed by atoms with E-state index in [9.17, 15) is 9.59 Å². The lowest BCUT2D eigenvalue weighted by Gasteiger charge is -2.31. The van der Waals surface area contributed by atoms with E-state index in [4.69, 9.17) is 14.2 Å². The highest BCUT2D eigenvalue weighted by atomic mass is 16.6. The van der Waals surface area contributed by atoms with Crippen molar-refractivity contribution in [1.82, 2.24) is 4.90 Å². The summed E-state index contributed by atoms with van der Waals surface area (Å²) in [5, 5.41) is 0. The van der Waals surface area contributed by atoms with Gasteiger partial charge in [0.1, 0.15) is 18.3 Å².